The van der Waals surface area contributed by atoms with E-state index in [-0.39, 0.29) is 28.8 Å². The molecule has 0 aromatic heterocycles. The maximum absolute atomic E-state index is 12.9. The van der Waals surface area contributed by atoms with E-state index in [1.807, 2.05) is 30.3 Å². The molecule has 0 fully saturated rings. The first kappa shape index (κ1) is 41.2. The second-order valence-corrected chi connectivity index (χ2v) is 25.2. The van der Waals surface area contributed by atoms with Gasteiger partial charge in [0.1, 0.15) is 13.8 Å². The van der Waals surface area contributed by atoms with Crippen LogP contribution in [0.5, 0.6) is 5.75 Å². The number of methoxy groups -OCH3 is 1. The molecule has 0 aliphatic carbocycles. The lowest BCUT2D eigenvalue weighted by Crippen LogP contribution is -2.66. The highest BCUT2D eigenvalue weighted by Crippen LogP contribution is 2.37. The lowest BCUT2D eigenvalue weighted by molar-refractivity contribution is -0.115. The van der Waals surface area contributed by atoms with Crippen LogP contribution >= 0.6 is 0 Å². The predicted molar refractivity (Wildman–Crippen MR) is 216 cm³/mol. The lowest BCUT2D eigenvalue weighted by Gasteiger charge is -2.43. The summed E-state index contributed by atoms with van der Waals surface area (Å²) < 4.78 is 19.2. The van der Waals surface area contributed by atoms with Crippen molar-refractivity contribution in [2.24, 2.45) is 17.8 Å². The van der Waals surface area contributed by atoms with Crippen LogP contribution in [0.2, 0.25) is 24.7 Å². The van der Waals surface area contributed by atoms with Crippen molar-refractivity contribution < 1.29 is 18.7 Å². The van der Waals surface area contributed by atoms with Crippen LogP contribution in [-0.2, 0) is 20.6 Å². The molecule has 0 N–H and O–H groups in total. The summed E-state index contributed by atoms with van der Waals surface area (Å²) in [6.07, 6.45) is 6.63. The molecule has 4 nitrogen and oxygen atoms in total. The number of rotatable bonds is 18. The predicted octanol–water partition coefficient (Wildman–Crippen LogP) is 9.63. The van der Waals surface area contributed by atoms with E-state index < -0.39 is 16.4 Å². The van der Waals surface area contributed by atoms with E-state index in [1.165, 1.54) is 10.4 Å². The Morgan fingerprint density at radius 1 is 0.840 bits per heavy atom. The Morgan fingerprint density at radius 3 is 1.94 bits per heavy atom. The van der Waals surface area contributed by atoms with Crippen LogP contribution in [0.15, 0.2) is 97.1 Å². The summed E-state index contributed by atoms with van der Waals surface area (Å²) >= 11 is 0. The minimum absolute atomic E-state index is 0.0449. The Bertz CT molecular complexity index is 1490. The second-order valence-electron chi connectivity index (χ2n) is 16.2. The number of hydrogen-bond donors (Lipinski definition) is 0. The van der Waals surface area contributed by atoms with Crippen LogP contribution in [0.1, 0.15) is 72.8 Å². The van der Waals surface area contributed by atoms with Crippen molar-refractivity contribution in [2.45, 2.75) is 105 Å². The summed E-state index contributed by atoms with van der Waals surface area (Å²) in [4.78, 5) is 12.9. The molecular weight excluding hydrogens is 649 g/mol. The maximum atomic E-state index is 12.9. The van der Waals surface area contributed by atoms with Gasteiger partial charge in [-0.3, -0.25) is 4.79 Å². The standard InChI is InChI=1S/C44H62O4Si2/c1-35(19-18-30-49(8,9)10)32-39(45)20-17-25-43(47-34-38-26-28-40(46-7)29-27-38)37(3)31-36(2)33-48-50(44(4,5)6,41-21-13-11-14-22-41)42-23-15-12-16-24-42/h11-17,20-24,26-29,35-37,43H,19,25,31-34H2,1-10H3/b20-17+/t35-,36-,37+,43+/m0/s1. The monoisotopic (exact) mass is 710 g/mol. The number of ether oxygens (including phenoxy) is 2. The van der Waals surface area contributed by atoms with Crippen LogP contribution in [0.25, 0.3) is 0 Å². The molecule has 6 heteroatoms. The highest BCUT2D eigenvalue weighted by Gasteiger charge is 2.50. The zero-order valence-electron chi connectivity index (χ0n) is 32.4. The number of carbonyl (C=O) groups is 1. The molecule has 0 bridgehead atoms. The van der Waals surface area contributed by atoms with Crippen molar-refractivity contribution in [3.05, 3.63) is 103 Å². The molecule has 270 valence electrons. The molecule has 0 aliphatic rings. The Morgan fingerprint density at radius 2 is 1.42 bits per heavy atom. The van der Waals surface area contributed by atoms with Crippen LogP contribution in [0, 0.1) is 29.2 Å². The van der Waals surface area contributed by atoms with E-state index in [0.717, 1.165) is 24.2 Å². The van der Waals surface area contributed by atoms with Crippen molar-refractivity contribution in [3.8, 4) is 17.2 Å². The van der Waals surface area contributed by atoms with Gasteiger partial charge in [0.15, 0.2) is 5.78 Å². The normalized spacial score (nSPS) is 14.8. The number of hydrogen-bond acceptors (Lipinski definition) is 4. The Hall–Kier alpha value is -3.22. The molecule has 0 spiro atoms. The average molecular weight is 711 g/mol. The zero-order valence-corrected chi connectivity index (χ0v) is 34.4. The van der Waals surface area contributed by atoms with Gasteiger partial charge in [0.2, 0.25) is 0 Å². The van der Waals surface area contributed by atoms with Gasteiger partial charge in [-0.2, -0.15) is 0 Å². The molecule has 0 amide bonds. The minimum atomic E-state index is -2.62. The fourth-order valence-corrected chi connectivity index (χ4v) is 11.9. The van der Waals surface area contributed by atoms with E-state index in [4.69, 9.17) is 13.9 Å². The van der Waals surface area contributed by atoms with Crippen molar-refractivity contribution in [3.63, 3.8) is 0 Å². The topological polar surface area (TPSA) is 44.8 Å². The fraction of sp³-hybridized carbons (Fsp3) is 0.477. The maximum Gasteiger partial charge on any atom is 0.261 e. The van der Waals surface area contributed by atoms with Crippen LogP contribution in [-0.4, -0.2) is 42.0 Å². The van der Waals surface area contributed by atoms with Gasteiger partial charge in [-0.05, 0) is 69.8 Å². The third-order valence-corrected chi connectivity index (χ3v) is 15.1. The molecule has 3 aromatic rings. The Kier molecular flexibility index (Phi) is 16.0. The third kappa shape index (κ3) is 12.8. The lowest BCUT2D eigenvalue weighted by atomic mass is 9.91. The van der Waals surface area contributed by atoms with Gasteiger partial charge in [0, 0.05) is 19.4 Å². The van der Waals surface area contributed by atoms with Crippen molar-refractivity contribution in [1.29, 1.82) is 0 Å². The highest BCUT2D eigenvalue weighted by atomic mass is 28.4. The van der Waals surface area contributed by atoms with Gasteiger partial charge in [-0.15, -0.1) is 11.5 Å². The zero-order chi connectivity index (χ0) is 36.8. The molecule has 3 rings (SSSR count). The van der Waals surface area contributed by atoms with Gasteiger partial charge in [0.25, 0.3) is 8.32 Å². The second kappa shape index (κ2) is 19.4. The molecular formula is C44H62O4Si2. The van der Waals surface area contributed by atoms with Gasteiger partial charge in [0.05, 0.1) is 19.8 Å². The number of ketones is 1. The quantitative estimate of drug-likeness (QED) is 0.0750. The smallest absolute Gasteiger partial charge is 0.261 e. The van der Waals surface area contributed by atoms with Crippen LogP contribution in [0.3, 0.4) is 0 Å². The van der Waals surface area contributed by atoms with Gasteiger partial charge < -0.3 is 13.9 Å². The molecule has 0 unspecified atom stereocenters. The van der Waals surface area contributed by atoms with Crippen molar-refractivity contribution >= 4 is 32.5 Å². The SMILES string of the molecule is COc1ccc(CO[C@H](C/C=C/C(=O)C[C@@H](C)CC#C[Si](C)(C)C)[C@H](C)C[C@H](C)CO[Si](c2ccccc2)(c2ccccc2)C(C)(C)C)cc1. The van der Waals surface area contributed by atoms with E-state index in [2.05, 4.69) is 133 Å². The summed E-state index contributed by atoms with van der Waals surface area (Å²) in [5, 5.41) is 2.53. The van der Waals surface area contributed by atoms with Gasteiger partial charge in [-0.1, -0.05) is 140 Å². The summed E-state index contributed by atoms with van der Waals surface area (Å²) in [7, 11) is -2.34. The van der Waals surface area contributed by atoms with Crippen LogP contribution in [0.4, 0.5) is 0 Å². The third-order valence-electron chi connectivity index (χ3n) is 9.17. The minimum Gasteiger partial charge on any atom is -0.497 e. The van der Waals surface area contributed by atoms with E-state index in [0.29, 0.717) is 32.0 Å². The first-order chi connectivity index (χ1) is 23.6. The van der Waals surface area contributed by atoms with E-state index >= 15 is 0 Å². The van der Waals surface area contributed by atoms with Crippen molar-refractivity contribution in [2.75, 3.05) is 13.7 Å². The molecule has 0 aliphatic heterocycles. The van der Waals surface area contributed by atoms with E-state index in [1.54, 1.807) is 13.2 Å². The number of allylic oxidation sites excluding steroid dienone is 1. The summed E-state index contributed by atoms with van der Waals surface area (Å²) in [5.41, 5.74) is 4.51. The van der Waals surface area contributed by atoms with E-state index in [9.17, 15) is 4.79 Å². The first-order valence-corrected chi connectivity index (χ1v) is 23.7. The Labute approximate surface area is 306 Å². The molecule has 4 atom stereocenters. The molecule has 0 saturated carbocycles. The molecule has 0 heterocycles. The summed E-state index contributed by atoms with van der Waals surface area (Å²) in [6.45, 7) is 21.6. The van der Waals surface area contributed by atoms with Gasteiger partial charge in [-0.25, -0.2) is 0 Å². The highest BCUT2D eigenvalue weighted by molar-refractivity contribution is 6.99. The number of benzene rings is 3. The van der Waals surface area contributed by atoms with Crippen LogP contribution < -0.4 is 15.1 Å². The van der Waals surface area contributed by atoms with Gasteiger partial charge >= 0.3 is 0 Å². The fourth-order valence-electron chi connectivity index (χ4n) is 6.58. The van der Waals surface area contributed by atoms with Crippen molar-refractivity contribution in [1.82, 2.24) is 0 Å². The largest absolute Gasteiger partial charge is 0.497 e. The summed E-state index contributed by atoms with van der Waals surface area (Å²) in [5.74, 6) is 5.11. The molecule has 3 aromatic carbocycles. The molecule has 50 heavy (non-hydrogen) atoms. The molecule has 0 radical (unpaired) electrons. The average Bonchev–Trinajstić information content (AvgIpc) is 3.06. The Balaban J connectivity index is 1.74. The molecule has 0 saturated heterocycles. The number of carbonyl (C=O) groups excluding carboxylic acids is 1. The first-order valence-electron chi connectivity index (χ1n) is 18.3. The summed E-state index contributed by atoms with van der Waals surface area (Å²) in [6, 6.07) is 29.7.